The predicted octanol–water partition coefficient (Wildman–Crippen LogP) is 2.07. The van der Waals surface area contributed by atoms with Crippen molar-refractivity contribution < 1.29 is 29.1 Å². The molecule has 1 aromatic carbocycles. The first-order valence-corrected chi connectivity index (χ1v) is 5.24. The van der Waals surface area contributed by atoms with Gasteiger partial charge in [-0.3, -0.25) is 14.9 Å². The van der Waals surface area contributed by atoms with Gasteiger partial charge in [-0.1, -0.05) is 0 Å². The first-order valence-electron chi connectivity index (χ1n) is 5.24. The molecule has 0 aliphatic heterocycles. The van der Waals surface area contributed by atoms with Gasteiger partial charge in [0.15, 0.2) is 12.0 Å². The van der Waals surface area contributed by atoms with Gasteiger partial charge in [-0.2, -0.15) is 0 Å². The number of carbonyl (C=O) groups excluding carboxylic acids is 1. The largest absolute Gasteiger partial charge is 0.501 e. The summed E-state index contributed by atoms with van der Waals surface area (Å²) in [7, 11) is 0. The molecule has 0 aliphatic rings. The number of carbonyl (C=O) groups is 2. The van der Waals surface area contributed by atoms with Gasteiger partial charge in [0.2, 0.25) is 5.75 Å². The first-order chi connectivity index (χ1) is 9.43. The number of benzene rings is 1. The summed E-state index contributed by atoms with van der Waals surface area (Å²) in [6, 6.07) is 4.69. The zero-order chi connectivity index (χ0) is 14.9. The Bertz CT molecular complexity index is 681. The van der Waals surface area contributed by atoms with E-state index in [9.17, 15) is 24.8 Å². The molecule has 0 spiro atoms. The Morgan fingerprint density at radius 1 is 1.35 bits per heavy atom. The van der Waals surface area contributed by atoms with Crippen molar-refractivity contribution in [2.24, 2.45) is 0 Å². The lowest BCUT2D eigenvalue weighted by atomic mass is 10.1. The normalized spacial score (nSPS) is 10.2. The SMILES string of the molecule is O=Cc1ccc(-c2cc(C(=O)O)c(O)c([N+](=O)[O-])c2)o1. The Hall–Kier alpha value is -3.16. The van der Waals surface area contributed by atoms with E-state index in [4.69, 9.17) is 9.52 Å². The van der Waals surface area contributed by atoms with E-state index in [-0.39, 0.29) is 17.1 Å². The number of aromatic hydroxyl groups is 1. The number of carboxylic acids is 1. The lowest BCUT2D eigenvalue weighted by Gasteiger charge is -2.04. The van der Waals surface area contributed by atoms with Gasteiger partial charge in [0, 0.05) is 11.6 Å². The van der Waals surface area contributed by atoms with E-state index in [1.54, 1.807) is 0 Å². The van der Waals surface area contributed by atoms with E-state index >= 15 is 0 Å². The third kappa shape index (κ3) is 2.21. The molecule has 0 fully saturated rings. The predicted molar refractivity (Wildman–Crippen MR) is 64.8 cm³/mol. The summed E-state index contributed by atoms with van der Waals surface area (Å²) < 4.78 is 5.06. The zero-order valence-electron chi connectivity index (χ0n) is 9.77. The molecule has 0 saturated carbocycles. The van der Waals surface area contributed by atoms with Crippen LogP contribution < -0.4 is 0 Å². The third-order valence-electron chi connectivity index (χ3n) is 2.54. The molecule has 0 saturated heterocycles. The van der Waals surface area contributed by atoms with Crippen LogP contribution >= 0.6 is 0 Å². The molecule has 0 radical (unpaired) electrons. The summed E-state index contributed by atoms with van der Waals surface area (Å²) in [5.74, 6) is -2.38. The summed E-state index contributed by atoms with van der Waals surface area (Å²) in [6.45, 7) is 0. The Balaban J connectivity index is 2.67. The molecule has 2 aromatic rings. The average Bonchev–Trinajstić information content (AvgIpc) is 2.87. The number of hydrogen-bond donors (Lipinski definition) is 2. The number of phenols is 1. The Labute approximate surface area is 111 Å². The van der Waals surface area contributed by atoms with Crippen molar-refractivity contribution in [1.82, 2.24) is 0 Å². The molecule has 0 unspecified atom stereocenters. The number of nitro benzene ring substituents is 1. The molecular weight excluding hydrogens is 270 g/mol. The van der Waals surface area contributed by atoms with Crippen LogP contribution in [0.3, 0.4) is 0 Å². The van der Waals surface area contributed by atoms with Crippen LogP contribution in [0.25, 0.3) is 11.3 Å². The molecule has 2 N–H and O–H groups in total. The number of hydrogen-bond acceptors (Lipinski definition) is 6. The van der Waals surface area contributed by atoms with Crippen molar-refractivity contribution in [1.29, 1.82) is 0 Å². The number of nitro groups is 1. The van der Waals surface area contributed by atoms with Crippen molar-refractivity contribution in [3.63, 3.8) is 0 Å². The van der Waals surface area contributed by atoms with Gasteiger partial charge in [-0.05, 0) is 18.2 Å². The molecule has 8 heteroatoms. The standard InChI is InChI=1S/C12H7NO7/c14-5-7-1-2-10(20-7)6-3-8(12(16)17)11(15)9(4-6)13(18)19/h1-5,15H,(H,16,17). The molecular formula is C12H7NO7. The number of carboxylic acid groups (broad SMARTS) is 1. The summed E-state index contributed by atoms with van der Waals surface area (Å²) in [4.78, 5) is 31.4. The maximum atomic E-state index is 11.0. The summed E-state index contributed by atoms with van der Waals surface area (Å²) >= 11 is 0. The van der Waals surface area contributed by atoms with Gasteiger partial charge >= 0.3 is 11.7 Å². The molecule has 0 bridgehead atoms. The van der Waals surface area contributed by atoms with Gasteiger partial charge in [0.1, 0.15) is 11.3 Å². The molecule has 2 rings (SSSR count). The molecule has 102 valence electrons. The minimum atomic E-state index is -1.52. The van der Waals surface area contributed by atoms with Crippen molar-refractivity contribution >= 4 is 17.9 Å². The fourth-order valence-electron chi connectivity index (χ4n) is 1.63. The quantitative estimate of drug-likeness (QED) is 0.496. The highest BCUT2D eigenvalue weighted by Crippen LogP contribution is 2.35. The third-order valence-corrected chi connectivity index (χ3v) is 2.54. The van der Waals surface area contributed by atoms with E-state index < -0.39 is 27.9 Å². The van der Waals surface area contributed by atoms with Crippen LogP contribution in [-0.4, -0.2) is 27.4 Å². The van der Waals surface area contributed by atoms with E-state index in [2.05, 4.69) is 0 Å². The minimum absolute atomic E-state index is 0.00685. The maximum absolute atomic E-state index is 11.0. The van der Waals surface area contributed by atoms with Crippen LogP contribution in [0.4, 0.5) is 5.69 Å². The van der Waals surface area contributed by atoms with Crippen molar-refractivity contribution in [2.75, 3.05) is 0 Å². The van der Waals surface area contributed by atoms with Gasteiger partial charge in [0.05, 0.1) is 4.92 Å². The van der Waals surface area contributed by atoms with Crippen LogP contribution in [0.5, 0.6) is 5.75 Å². The lowest BCUT2D eigenvalue weighted by Crippen LogP contribution is -2.00. The van der Waals surface area contributed by atoms with Gasteiger partial charge in [0.25, 0.3) is 0 Å². The number of aldehydes is 1. The second kappa shape index (κ2) is 4.84. The molecule has 0 amide bonds. The lowest BCUT2D eigenvalue weighted by molar-refractivity contribution is -0.385. The van der Waals surface area contributed by atoms with Gasteiger partial charge < -0.3 is 14.6 Å². The van der Waals surface area contributed by atoms with Crippen LogP contribution in [0.1, 0.15) is 20.9 Å². The number of nitrogens with zero attached hydrogens (tertiary/aromatic N) is 1. The summed E-state index contributed by atoms with van der Waals surface area (Å²) in [5.41, 5.74) is -1.32. The summed E-state index contributed by atoms with van der Waals surface area (Å²) in [5, 5.41) is 29.3. The van der Waals surface area contributed by atoms with Crippen LogP contribution in [-0.2, 0) is 0 Å². The fraction of sp³-hybridized carbons (Fsp3) is 0. The van der Waals surface area contributed by atoms with Gasteiger partial charge in [-0.15, -0.1) is 0 Å². The Morgan fingerprint density at radius 2 is 2.05 bits per heavy atom. The van der Waals surface area contributed by atoms with Crippen LogP contribution in [0, 0.1) is 10.1 Å². The highest BCUT2D eigenvalue weighted by molar-refractivity contribution is 5.94. The average molecular weight is 277 g/mol. The fourth-order valence-corrected chi connectivity index (χ4v) is 1.63. The van der Waals surface area contributed by atoms with E-state index in [1.165, 1.54) is 12.1 Å². The minimum Gasteiger partial charge on any atom is -0.501 e. The molecule has 0 atom stereocenters. The topological polar surface area (TPSA) is 131 Å². The highest BCUT2D eigenvalue weighted by Gasteiger charge is 2.24. The smallest absolute Gasteiger partial charge is 0.339 e. The van der Waals surface area contributed by atoms with E-state index in [0.29, 0.717) is 6.29 Å². The highest BCUT2D eigenvalue weighted by atomic mass is 16.6. The number of aromatic carboxylic acids is 1. The van der Waals surface area contributed by atoms with Crippen molar-refractivity contribution in [3.05, 3.63) is 45.7 Å². The van der Waals surface area contributed by atoms with E-state index in [0.717, 1.165) is 12.1 Å². The maximum Gasteiger partial charge on any atom is 0.339 e. The molecule has 0 aliphatic carbocycles. The molecule has 20 heavy (non-hydrogen) atoms. The first kappa shape index (κ1) is 13.3. The zero-order valence-corrected chi connectivity index (χ0v) is 9.77. The monoisotopic (exact) mass is 277 g/mol. The molecule has 8 nitrogen and oxygen atoms in total. The second-order valence-corrected chi connectivity index (χ2v) is 3.77. The van der Waals surface area contributed by atoms with Crippen LogP contribution in [0.15, 0.2) is 28.7 Å². The van der Waals surface area contributed by atoms with Crippen molar-refractivity contribution in [2.45, 2.75) is 0 Å². The number of furan rings is 1. The Kier molecular flexibility index (Phi) is 3.21. The number of rotatable bonds is 4. The van der Waals surface area contributed by atoms with Crippen molar-refractivity contribution in [3.8, 4) is 17.1 Å². The Morgan fingerprint density at radius 3 is 2.55 bits per heavy atom. The second-order valence-electron chi connectivity index (χ2n) is 3.77. The summed E-state index contributed by atoms with van der Waals surface area (Å²) in [6.07, 6.45) is 0.441. The van der Waals surface area contributed by atoms with Gasteiger partial charge in [-0.25, -0.2) is 4.79 Å². The molecule has 1 heterocycles. The van der Waals surface area contributed by atoms with E-state index in [1.807, 2.05) is 0 Å². The van der Waals surface area contributed by atoms with Crippen LogP contribution in [0.2, 0.25) is 0 Å². The molecule has 1 aromatic heterocycles.